The maximum absolute atomic E-state index is 13.1. The number of hydrogen-bond donors (Lipinski definition) is 1. The molecule has 1 aromatic carbocycles. The molecule has 0 aliphatic carbocycles. The van der Waals surface area contributed by atoms with E-state index < -0.39 is 16.0 Å². The van der Waals surface area contributed by atoms with Crippen LogP contribution in [0.1, 0.15) is 38.2 Å². The van der Waals surface area contributed by atoms with Crippen molar-refractivity contribution in [2.75, 3.05) is 13.1 Å². The number of aromatic nitrogens is 2. The first kappa shape index (κ1) is 23.5. The highest BCUT2D eigenvalue weighted by Crippen LogP contribution is 2.36. The molecule has 0 saturated carbocycles. The van der Waals surface area contributed by atoms with E-state index >= 15 is 0 Å². The summed E-state index contributed by atoms with van der Waals surface area (Å²) in [4.78, 5) is 15.6. The molecule has 0 spiro atoms. The molecule has 0 radical (unpaired) electrons. The van der Waals surface area contributed by atoms with Gasteiger partial charge >= 0.3 is 5.97 Å². The molecule has 3 heterocycles. The molecule has 176 valence electrons. The lowest BCUT2D eigenvalue weighted by Crippen LogP contribution is -2.37. The SMILES string of the molecule is CC(C)Oc1ccc(S(=O)(=O)N2CCC(c3cn(CC(=O)O)c4cc(Cl)ccc34)CC2)cn1. The highest BCUT2D eigenvalue weighted by Gasteiger charge is 2.31. The molecule has 2 aromatic heterocycles. The van der Waals surface area contributed by atoms with E-state index in [-0.39, 0.29) is 23.5 Å². The molecule has 3 aromatic rings. The van der Waals surface area contributed by atoms with Gasteiger partial charge in [-0.25, -0.2) is 13.4 Å². The van der Waals surface area contributed by atoms with Crippen molar-refractivity contribution >= 4 is 38.5 Å². The Bertz CT molecular complexity index is 1260. The van der Waals surface area contributed by atoms with Gasteiger partial charge in [0.25, 0.3) is 0 Å². The molecular weight excluding hydrogens is 466 g/mol. The zero-order valence-electron chi connectivity index (χ0n) is 18.4. The number of piperidine rings is 1. The lowest BCUT2D eigenvalue weighted by Gasteiger charge is -2.31. The van der Waals surface area contributed by atoms with Gasteiger partial charge in [0.1, 0.15) is 11.4 Å². The van der Waals surface area contributed by atoms with Gasteiger partial charge in [-0.3, -0.25) is 4.79 Å². The van der Waals surface area contributed by atoms with Crippen molar-refractivity contribution in [2.24, 2.45) is 0 Å². The van der Waals surface area contributed by atoms with Crippen LogP contribution in [0.4, 0.5) is 0 Å². The van der Waals surface area contributed by atoms with Gasteiger partial charge in [-0.15, -0.1) is 0 Å². The van der Waals surface area contributed by atoms with Crippen molar-refractivity contribution in [2.45, 2.75) is 50.2 Å². The van der Waals surface area contributed by atoms with Crippen molar-refractivity contribution in [1.29, 1.82) is 0 Å². The third-order valence-corrected chi connectivity index (χ3v) is 7.90. The number of benzene rings is 1. The van der Waals surface area contributed by atoms with Crippen molar-refractivity contribution in [1.82, 2.24) is 13.9 Å². The maximum Gasteiger partial charge on any atom is 0.323 e. The minimum Gasteiger partial charge on any atom is -0.480 e. The maximum atomic E-state index is 13.1. The number of carbonyl (C=O) groups is 1. The summed E-state index contributed by atoms with van der Waals surface area (Å²) in [5.41, 5.74) is 1.79. The molecule has 0 bridgehead atoms. The number of ether oxygens (including phenoxy) is 1. The summed E-state index contributed by atoms with van der Waals surface area (Å²) in [7, 11) is -3.66. The molecule has 8 nitrogen and oxygen atoms in total. The molecule has 0 atom stereocenters. The van der Waals surface area contributed by atoms with Gasteiger partial charge < -0.3 is 14.4 Å². The average Bonchev–Trinajstić information content (AvgIpc) is 3.10. The quantitative estimate of drug-likeness (QED) is 0.533. The van der Waals surface area contributed by atoms with E-state index in [0.29, 0.717) is 36.8 Å². The van der Waals surface area contributed by atoms with Gasteiger partial charge in [0.2, 0.25) is 15.9 Å². The average molecular weight is 492 g/mol. The van der Waals surface area contributed by atoms with Crippen LogP contribution < -0.4 is 4.74 Å². The summed E-state index contributed by atoms with van der Waals surface area (Å²) < 4.78 is 34.9. The van der Waals surface area contributed by atoms with Gasteiger partial charge in [0.15, 0.2) is 0 Å². The number of halogens is 1. The van der Waals surface area contributed by atoms with E-state index in [4.69, 9.17) is 16.3 Å². The summed E-state index contributed by atoms with van der Waals surface area (Å²) in [5.74, 6) is -0.423. The minimum absolute atomic E-state index is 0.0449. The number of pyridine rings is 1. The first-order valence-corrected chi connectivity index (χ1v) is 12.6. The number of aliphatic carboxylic acids is 1. The zero-order valence-corrected chi connectivity index (χ0v) is 20.0. The van der Waals surface area contributed by atoms with E-state index in [9.17, 15) is 18.3 Å². The van der Waals surface area contributed by atoms with E-state index in [1.807, 2.05) is 26.1 Å². The van der Waals surface area contributed by atoms with Crippen LogP contribution in [0.25, 0.3) is 10.9 Å². The Morgan fingerprint density at radius 1 is 1.24 bits per heavy atom. The van der Waals surface area contributed by atoms with Crippen molar-refractivity contribution < 1.29 is 23.1 Å². The Morgan fingerprint density at radius 3 is 2.58 bits per heavy atom. The number of sulfonamides is 1. The molecule has 1 aliphatic heterocycles. The van der Waals surface area contributed by atoms with E-state index in [1.54, 1.807) is 22.8 Å². The number of carboxylic acids is 1. The molecule has 1 N–H and O–H groups in total. The number of carboxylic acid groups (broad SMARTS) is 1. The Hall–Kier alpha value is -2.62. The van der Waals surface area contributed by atoms with Gasteiger partial charge in [-0.2, -0.15) is 4.31 Å². The second kappa shape index (κ2) is 9.32. The Labute approximate surface area is 197 Å². The Morgan fingerprint density at radius 2 is 1.97 bits per heavy atom. The lowest BCUT2D eigenvalue weighted by atomic mass is 9.90. The molecule has 33 heavy (non-hydrogen) atoms. The minimum atomic E-state index is -3.66. The van der Waals surface area contributed by atoms with Crippen LogP contribution in [0.3, 0.4) is 0 Å². The number of nitrogens with zero attached hydrogens (tertiary/aromatic N) is 3. The van der Waals surface area contributed by atoms with Crippen molar-refractivity contribution in [3.63, 3.8) is 0 Å². The predicted molar refractivity (Wildman–Crippen MR) is 125 cm³/mol. The largest absolute Gasteiger partial charge is 0.480 e. The van der Waals surface area contributed by atoms with E-state index in [2.05, 4.69) is 4.98 Å². The van der Waals surface area contributed by atoms with Crippen molar-refractivity contribution in [3.8, 4) is 5.88 Å². The molecular formula is C23H26ClN3O5S. The number of fused-ring (bicyclic) bond motifs is 1. The van der Waals surface area contributed by atoms with Crippen LogP contribution in [0.15, 0.2) is 47.6 Å². The predicted octanol–water partition coefficient (Wildman–Crippen LogP) is 4.13. The molecule has 1 fully saturated rings. The van der Waals surface area contributed by atoms with Crippen molar-refractivity contribution in [3.05, 3.63) is 53.3 Å². The van der Waals surface area contributed by atoms with Gasteiger partial charge in [0.05, 0.1) is 17.8 Å². The molecule has 10 heteroatoms. The van der Waals surface area contributed by atoms with Crippen LogP contribution >= 0.6 is 11.6 Å². The van der Waals surface area contributed by atoms with Crippen LogP contribution in [0.5, 0.6) is 5.88 Å². The second-order valence-corrected chi connectivity index (χ2v) is 10.8. The van der Waals surface area contributed by atoms with Crippen LogP contribution in [0.2, 0.25) is 5.02 Å². The second-order valence-electron chi connectivity index (χ2n) is 8.44. The summed E-state index contributed by atoms with van der Waals surface area (Å²) in [5, 5.41) is 10.8. The first-order valence-electron chi connectivity index (χ1n) is 10.8. The van der Waals surface area contributed by atoms with Gasteiger partial charge in [-0.1, -0.05) is 17.7 Å². The summed E-state index contributed by atoms with van der Waals surface area (Å²) >= 11 is 6.14. The zero-order chi connectivity index (χ0) is 23.8. The fourth-order valence-electron chi connectivity index (χ4n) is 4.28. The molecule has 4 rings (SSSR count). The molecule has 1 aliphatic rings. The van der Waals surface area contributed by atoms with E-state index in [1.165, 1.54) is 16.6 Å². The standard InChI is InChI=1S/C23H26ClN3O5S/c1-15(2)32-22-6-4-18(12-25-22)33(30,31)27-9-7-16(8-10-27)20-13-26(14-23(28)29)21-11-17(24)3-5-19(20)21/h3-6,11-13,15-16H,7-10,14H2,1-2H3,(H,28,29). The Balaban J connectivity index is 1.52. The normalized spacial score (nSPS) is 15.9. The Kier molecular flexibility index (Phi) is 6.65. The molecule has 0 unspecified atom stereocenters. The van der Waals surface area contributed by atoms with Crippen LogP contribution in [0, 0.1) is 0 Å². The van der Waals surface area contributed by atoms with Crippen LogP contribution in [-0.2, 0) is 21.4 Å². The van der Waals surface area contributed by atoms with Gasteiger partial charge in [-0.05, 0) is 56.4 Å². The highest BCUT2D eigenvalue weighted by molar-refractivity contribution is 7.89. The smallest absolute Gasteiger partial charge is 0.323 e. The molecule has 0 amide bonds. The van der Waals surface area contributed by atoms with Crippen LogP contribution in [-0.4, -0.2) is 52.5 Å². The monoisotopic (exact) mass is 491 g/mol. The number of hydrogen-bond acceptors (Lipinski definition) is 5. The summed E-state index contributed by atoms with van der Waals surface area (Å²) in [6.45, 7) is 4.34. The molecule has 1 saturated heterocycles. The number of rotatable bonds is 7. The topological polar surface area (TPSA) is 102 Å². The fraction of sp³-hybridized carbons (Fsp3) is 0.391. The fourth-order valence-corrected chi connectivity index (χ4v) is 5.86. The summed E-state index contributed by atoms with van der Waals surface area (Å²) in [6.07, 6.45) is 4.42. The third kappa shape index (κ3) is 5.00. The summed E-state index contributed by atoms with van der Waals surface area (Å²) in [6, 6.07) is 8.55. The van der Waals surface area contributed by atoms with E-state index in [0.717, 1.165) is 16.5 Å². The first-order chi connectivity index (χ1) is 15.6. The highest BCUT2D eigenvalue weighted by atomic mass is 35.5. The lowest BCUT2D eigenvalue weighted by molar-refractivity contribution is -0.137. The van der Waals surface area contributed by atoms with Gasteiger partial charge in [0, 0.05) is 35.8 Å². The third-order valence-electron chi connectivity index (χ3n) is 5.78.